The highest BCUT2D eigenvalue weighted by Gasteiger charge is 2.14. The molecule has 4 heteroatoms. The zero-order chi connectivity index (χ0) is 14.7. The van der Waals surface area contributed by atoms with Crippen molar-refractivity contribution in [1.82, 2.24) is 9.97 Å². The Balaban J connectivity index is 2.14. The first kappa shape index (κ1) is 13.8. The van der Waals surface area contributed by atoms with Crippen molar-refractivity contribution in [3.8, 4) is 21.7 Å². The molecule has 3 rings (SSSR count). The molecule has 0 amide bonds. The van der Waals surface area contributed by atoms with Crippen molar-refractivity contribution in [2.75, 3.05) is 11.9 Å². The van der Waals surface area contributed by atoms with Crippen LogP contribution in [0, 0.1) is 6.92 Å². The second-order valence-corrected chi connectivity index (χ2v) is 5.83. The molecule has 0 radical (unpaired) electrons. The summed E-state index contributed by atoms with van der Waals surface area (Å²) < 4.78 is 0. The Hall–Kier alpha value is -2.20. The van der Waals surface area contributed by atoms with Crippen LogP contribution >= 0.6 is 11.3 Å². The summed E-state index contributed by atoms with van der Waals surface area (Å²) in [5, 5.41) is 4.27. The number of aromatic nitrogens is 2. The molecular formula is C17H17N3S. The van der Waals surface area contributed by atoms with Crippen LogP contribution in [0.1, 0.15) is 12.5 Å². The lowest BCUT2D eigenvalue weighted by atomic mass is 10.1. The Morgan fingerprint density at radius 1 is 1.10 bits per heavy atom. The summed E-state index contributed by atoms with van der Waals surface area (Å²) in [6, 6.07) is 12.5. The van der Waals surface area contributed by atoms with Gasteiger partial charge in [-0.2, -0.15) is 0 Å². The first-order valence-corrected chi connectivity index (χ1v) is 7.81. The van der Waals surface area contributed by atoms with Crippen LogP contribution in [0.4, 0.5) is 5.13 Å². The highest BCUT2D eigenvalue weighted by atomic mass is 32.1. The molecule has 0 saturated heterocycles. The number of thiazole rings is 1. The minimum Gasteiger partial charge on any atom is -0.362 e. The number of hydrogen-bond acceptors (Lipinski definition) is 4. The fraction of sp³-hybridized carbons (Fsp3) is 0.176. The van der Waals surface area contributed by atoms with Crippen molar-refractivity contribution >= 4 is 16.5 Å². The van der Waals surface area contributed by atoms with Crippen molar-refractivity contribution in [2.24, 2.45) is 0 Å². The van der Waals surface area contributed by atoms with Crippen LogP contribution < -0.4 is 5.32 Å². The maximum Gasteiger partial charge on any atom is 0.183 e. The van der Waals surface area contributed by atoms with Crippen molar-refractivity contribution in [3.63, 3.8) is 0 Å². The number of rotatable bonds is 4. The molecule has 0 unspecified atom stereocenters. The lowest BCUT2D eigenvalue weighted by Crippen LogP contribution is -1.94. The smallest absolute Gasteiger partial charge is 0.183 e. The van der Waals surface area contributed by atoms with Crippen LogP contribution in [0.3, 0.4) is 0 Å². The van der Waals surface area contributed by atoms with Crippen molar-refractivity contribution < 1.29 is 0 Å². The van der Waals surface area contributed by atoms with E-state index < -0.39 is 0 Å². The highest BCUT2D eigenvalue weighted by Crippen LogP contribution is 2.38. The lowest BCUT2D eigenvalue weighted by molar-refractivity contribution is 1.19. The number of hydrogen-bond donors (Lipinski definition) is 1. The third kappa shape index (κ3) is 2.95. The van der Waals surface area contributed by atoms with E-state index in [1.165, 1.54) is 10.4 Å². The minimum absolute atomic E-state index is 0.872. The standard InChI is InChI=1S/C17H17N3S/c1-3-19-17-20-15(14-6-4-5-12(2)11-14)16(21-17)13-7-9-18-10-8-13/h4-11H,3H2,1-2H3,(H,19,20). The van der Waals surface area contributed by atoms with Crippen molar-refractivity contribution in [2.45, 2.75) is 13.8 Å². The predicted octanol–water partition coefficient (Wildman–Crippen LogP) is 4.61. The maximum absolute atomic E-state index is 4.77. The van der Waals surface area contributed by atoms with E-state index in [9.17, 15) is 0 Å². The molecule has 1 N–H and O–H groups in total. The molecule has 3 aromatic rings. The monoisotopic (exact) mass is 295 g/mol. The number of pyridine rings is 1. The van der Waals surface area contributed by atoms with E-state index in [-0.39, 0.29) is 0 Å². The van der Waals surface area contributed by atoms with Gasteiger partial charge in [-0.05, 0) is 37.6 Å². The van der Waals surface area contributed by atoms with Crippen LogP contribution in [0.5, 0.6) is 0 Å². The number of benzene rings is 1. The van der Waals surface area contributed by atoms with Gasteiger partial charge in [0.25, 0.3) is 0 Å². The third-order valence-corrected chi connectivity index (χ3v) is 4.25. The molecule has 0 aliphatic carbocycles. The van der Waals surface area contributed by atoms with Crippen molar-refractivity contribution in [3.05, 3.63) is 54.4 Å². The van der Waals surface area contributed by atoms with Crippen LogP contribution in [-0.4, -0.2) is 16.5 Å². The van der Waals surface area contributed by atoms with Gasteiger partial charge in [-0.3, -0.25) is 4.98 Å². The Kier molecular flexibility index (Phi) is 3.97. The molecule has 0 aliphatic heterocycles. The molecular weight excluding hydrogens is 278 g/mol. The van der Waals surface area contributed by atoms with E-state index in [1.54, 1.807) is 11.3 Å². The zero-order valence-corrected chi connectivity index (χ0v) is 12.9. The van der Waals surface area contributed by atoms with Gasteiger partial charge in [-0.15, -0.1) is 0 Å². The fourth-order valence-corrected chi connectivity index (χ4v) is 3.29. The summed E-state index contributed by atoms with van der Waals surface area (Å²) in [7, 11) is 0. The van der Waals surface area contributed by atoms with Gasteiger partial charge >= 0.3 is 0 Å². The first-order valence-electron chi connectivity index (χ1n) is 7.00. The SMILES string of the molecule is CCNc1nc(-c2cccc(C)c2)c(-c2ccncc2)s1. The Morgan fingerprint density at radius 3 is 2.62 bits per heavy atom. The summed E-state index contributed by atoms with van der Waals surface area (Å²) in [6.07, 6.45) is 3.64. The summed E-state index contributed by atoms with van der Waals surface area (Å²) in [6.45, 7) is 5.06. The van der Waals surface area contributed by atoms with E-state index >= 15 is 0 Å². The molecule has 2 aromatic heterocycles. The van der Waals surface area contributed by atoms with E-state index in [2.05, 4.69) is 48.4 Å². The quantitative estimate of drug-likeness (QED) is 0.763. The number of aryl methyl sites for hydroxylation is 1. The Bertz CT molecular complexity index is 735. The van der Waals surface area contributed by atoms with Crippen LogP contribution in [0.25, 0.3) is 21.7 Å². The molecule has 0 bridgehead atoms. The van der Waals surface area contributed by atoms with Crippen molar-refractivity contribution in [1.29, 1.82) is 0 Å². The summed E-state index contributed by atoms with van der Waals surface area (Å²) in [4.78, 5) is 10.1. The van der Waals surface area contributed by atoms with Gasteiger partial charge in [-0.1, -0.05) is 35.1 Å². The highest BCUT2D eigenvalue weighted by molar-refractivity contribution is 7.19. The molecule has 0 aliphatic rings. The second kappa shape index (κ2) is 6.06. The molecule has 1 aromatic carbocycles. The molecule has 0 atom stereocenters. The number of nitrogens with one attached hydrogen (secondary N) is 1. The largest absolute Gasteiger partial charge is 0.362 e. The molecule has 2 heterocycles. The maximum atomic E-state index is 4.77. The van der Waals surface area contributed by atoms with E-state index in [4.69, 9.17) is 4.98 Å². The summed E-state index contributed by atoms with van der Waals surface area (Å²) >= 11 is 1.69. The van der Waals surface area contributed by atoms with Gasteiger partial charge in [0, 0.05) is 24.5 Å². The minimum atomic E-state index is 0.872. The second-order valence-electron chi connectivity index (χ2n) is 4.83. The van der Waals surface area contributed by atoms with Gasteiger partial charge in [0.1, 0.15) is 0 Å². The topological polar surface area (TPSA) is 37.8 Å². The van der Waals surface area contributed by atoms with Crippen LogP contribution in [0.2, 0.25) is 0 Å². The van der Waals surface area contributed by atoms with Gasteiger partial charge in [0.05, 0.1) is 10.6 Å². The number of nitrogens with zero attached hydrogens (tertiary/aromatic N) is 2. The first-order chi connectivity index (χ1) is 10.3. The van der Waals surface area contributed by atoms with E-state index in [0.717, 1.165) is 28.5 Å². The zero-order valence-electron chi connectivity index (χ0n) is 12.1. The average Bonchev–Trinajstić information content (AvgIpc) is 2.93. The normalized spacial score (nSPS) is 10.6. The third-order valence-electron chi connectivity index (χ3n) is 3.19. The van der Waals surface area contributed by atoms with Gasteiger partial charge in [-0.25, -0.2) is 4.98 Å². The van der Waals surface area contributed by atoms with Crippen LogP contribution in [0.15, 0.2) is 48.8 Å². The fourth-order valence-electron chi connectivity index (χ4n) is 2.23. The molecule has 0 spiro atoms. The molecule has 0 fully saturated rings. The van der Waals surface area contributed by atoms with Crippen LogP contribution in [-0.2, 0) is 0 Å². The Labute approximate surface area is 128 Å². The summed E-state index contributed by atoms with van der Waals surface area (Å²) in [5.74, 6) is 0. The molecule has 21 heavy (non-hydrogen) atoms. The summed E-state index contributed by atoms with van der Waals surface area (Å²) in [5.41, 5.74) is 4.59. The Morgan fingerprint density at radius 2 is 1.90 bits per heavy atom. The van der Waals surface area contributed by atoms with E-state index in [0.29, 0.717) is 0 Å². The van der Waals surface area contributed by atoms with Gasteiger partial charge in [0.15, 0.2) is 5.13 Å². The molecule has 0 saturated carbocycles. The van der Waals surface area contributed by atoms with Gasteiger partial charge in [0.2, 0.25) is 0 Å². The average molecular weight is 295 g/mol. The molecule has 106 valence electrons. The van der Waals surface area contributed by atoms with E-state index in [1.807, 2.05) is 24.5 Å². The number of anilines is 1. The lowest BCUT2D eigenvalue weighted by Gasteiger charge is -2.03. The van der Waals surface area contributed by atoms with Gasteiger partial charge < -0.3 is 5.32 Å². The predicted molar refractivity (Wildman–Crippen MR) is 89.7 cm³/mol. The molecule has 3 nitrogen and oxygen atoms in total.